The molecule has 0 atom stereocenters. The standard InChI is InChI=1S/C23H22ClFN4O/c1-27-20(21(24)22(30)29(27)19-9-7-18(25)8-10-19)15-28-13-11-23(16-26,12-14-28)17-5-3-2-4-6-17/h2-10H,11-15H2,1H3. The number of benzene rings is 2. The molecule has 0 radical (unpaired) electrons. The van der Waals surface area contributed by atoms with Crippen molar-refractivity contribution < 1.29 is 4.39 Å². The first-order valence-electron chi connectivity index (χ1n) is 9.87. The minimum Gasteiger partial charge on any atom is -0.297 e. The highest BCUT2D eigenvalue weighted by atomic mass is 35.5. The summed E-state index contributed by atoms with van der Waals surface area (Å²) in [6, 6.07) is 18.2. The molecule has 0 aliphatic carbocycles. The van der Waals surface area contributed by atoms with Crippen LogP contribution in [0.1, 0.15) is 24.1 Å². The Kier molecular flexibility index (Phi) is 5.50. The Hall–Kier alpha value is -2.88. The number of nitrogens with zero attached hydrogens (tertiary/aromatic N) is 4. The Morgan fingerprint density at radius 3 is 2.33 bits per heavy atom. The van der Waals surface area contributed by atoms with Gasteiger partial charge in [-0.05, 0) is 42.7 Å². The fourth-order valence-electron chi connectivity index (χ4n) is 4.19. The van der Waals surface area contributed by atoms with Gasteiger partial charge in [0.1, 0.15) is 10.8 Å². The van der Waals surface area contributed by atoms with Gasteiger partial charge in [0.2, 0.25) is 0 Å². The van der Waals surface area contributed by atoms with Gasteiger partial charge in [-0.2, -0.15) is 5.26 Å². The highest BCUT2D eigenvalue weighted by Crippen LogP contribution is 2.35. The maximum Gasteiger partial charge on any atom is 0.290 e. The highest BCUT2D eigenvalue weighted by Gasteiger charge is 2.36. The Morgan fingerprint density at radius 1 is 1.10 bits per heavy atom. The lowest BCUT2D eigenvalue weighted by molar-refractivity contribution is 0.175. The molecule has 1 aromatic heterocycles. The topological polar surface area (TPSA) is 54.0 Å². The number of nitriles is 1. The normalized spacial score (nSPS) is 16.3. The van der Waals surface area contributed by atoms with Crippen molar-refractivity contribution in [3.05, 3.63) is 87.0 Å². The second-order valence-electron chi connectivity index (χ2n) is 7.71. The van der Waals surface area contributed by atoms with E-state index in [1.807, 2.05) is 30.3 Å². The Morgan fingerprint density at radius 2 is 1.73 bits per heavy atom. The molecule has 0 N–H and O–H groups in total. The van der Waals surface area contributed by atoms with Gasteiger partial charge in [0.25, 0.3) is 5.56 Å². The van der Waals surface area contributed by atoms with Crippen molar-refractivity contribution in [2.45, 2.75) is 24.8 Å². The van der Waals surface area contributed by atoms with Crippen molar-refractivity contribution in [1.29, 1.82) is 5.26 Å². The van der Waals surface area contributed by atoms with E-state index in [0.29, 0.717) is 17.9 Å². The summed E-state index contributed by atoms with van der Waals surface area (Å²) >= 11 is 6.39. The molecule has 5 nitrogen and oxygen atoms in total. The van der Waals surface area contributed by atoms with E-state index < -0.39 is 5.41 Å². The molecule has 2 aromatic carbocycles. The first-order valence-corrected chi connectivity index (χ1v) is 10.2. The van der Waals surface area contributed by atoms with Crippen LogP contribution in [0.25, 0.3) is 5.69 Å². The molecular formula is C23H22ClFN4O. The molecule has 1 aliphatic heterocycles. The van der Waals surface area contributed by atoms with Gasteiger partial charge in [0, 0.05) is 26.7 Å². The van der Waals surface area contributed by atoms with E-state index in [4.69, 9.17) is 11.6 Å². The van der Waals surface area contributed by atoms with E-state index in [0.717, 1.165) is 31.5 Å². The van der Waals surface area contributed by atoms with Crippen LogP contribution in [0.5, 0.6) is 0 Å². The van der Waals surface area contributed by atoms with Gasteiger partial charge in [-0.3, -0.25) is 14.4 Å². The summed E-state index contributed by atoms with van der Waals surface area (Å²) in [6.45, 7) is 1.97. The minimum absolute atomic E-state index is 0.169. The molecule has 0 spiro atoms. The zero-order chi connectivity index (χ0) is 21.3. The number of halogens is 2. The van der Waals surface area contributed by atoms with E-state index in [2.05, 4.69) is 11.0 Å². The molecular weight excluding hydrogens is 403 g/mol. The first-order chi connectivity index (χ1) is 14.4. The fourth-order valence-corrected chi connectivity index (χ4v) is 4.45. The van der Waals surface area contributed by atoms with Crippen molar-refractivity contribution in [3.63, 3.8) is 0 Å². The van der Waals surface area contributed by atoms with Crippen LogP contribution in [-0.2, 0) is 19.0 Å². The van der Waals surface area contributed by atoms with E-state index in [9.17, 15) is 14.4 Å². The van der Waals surface area contributed by atoms with E-state index in [1.165, 1.54) is 16.8 Å². The summed E-state index contributed by atoms with van der Waals surface area (Å²) in [5, 5.41) is 10.0. The number of piperidine rings is 1. The summed E-state index contributed by atoms with van der Waals surface area (Å²) in [5.41, 5.74) is 1.51. The van der Waals surface area contributed by atoms with Crippen LogP contribution in [-0.4, -0.2) is 27.4 Å². The van der Waals surface area contributed by atoms with E-state index in [-0.39, 0.29) is 16.4 Å². The molecule has 3 aromatic rings. The van der Waals surface area contributed by atoms with Gasteiger partial charge in [-0.15, -0.1) is 0 Å². The number of rotatable bonds is 4. The monoisotopic (exact) mass is 424 g/mol. The zero-order valence-corrected chi connectivity index (χ0v) is 17.4. The third-order valence-electron chi connectivity index (χ3n) is 6.02. The number of aromatic nitrogens is 2. The Labute approximate surface area is 179 Å². The predicted molar refractivity (Wildman–Crippen MR) is 114 cm³/mol. The lowest BCUT2D eigenvalue weighted by Gasteiger charge is -2.37. The van der Waals surface area contributed by atoms with Crippen molar-refractivity contribution >= 4 is 11.6 Å². The molecule has 7 heteroatoms. The van der Waals surface area contributed by atoms with E-state index >= 15 is 0 Å². The van der Waals surface area contributed by atoms with Gasteiger partial charge in [0.05, 0.1) is 22.9 Å². The minimum atomic E-state index is -0.479. The van der Waals surface area contributed by atoms with Crippen LogP contribution in [0.4, 0.5) is 4.39 Å². The van der Waals surface area contributed by atoms with Gasteiger partial charge < -0.3 is 0 Å². The molecule has 1 aliphatic rings. The first kappa shape index (κ1) is 20.4. The van der Waals surface area contributed by atoms with Crippen molar-refractivity contribution in [1.82, 2.24) is 14.3 Å². The van der Waals surface area contributed by atoms with Crippen LogP contribution in [0, 0.1) is 17.1 Å². The molecule has 0 amide bonds. The molecule has 4 rings (SSSR count). The smallest absolute Gasteiger partial charge is 0.290 e. The molecule has 1 fully saturated rings. The van der Waals surface area contributed by atoms with Crippen molar-refractivity contribution in [2.24, 2.45) is 7.05 Å². The van der Waals surface area contributed by atoms with Crippen molar-refractivity contribution in [2.75, 3.05) is 13.1 Å². The summed E-state index contributed by atoms with van der Waals surface area (Å²) in [4.78, 5) is 14.9. The SMILES string of the molecule is Cn1c(CN2CCC(C#N)(c3ccccc3)CC2)c(Cl)c(=O)n1-c1ccc(F)cc1. The van der Waals surface area contributed by atoms with Gasteiger partial charge in [-0.1, -0.05) is 41.9 Å². The average molecular weight is 425 g/mol. The Bertz CT molecular complexity index is 1140. The second kappa shape index (κ2) is 8.10. The molecule has 0 unspecified atom stereocenters. The second-order valence-corrected chi connectivity index (χ2v) is 8.09. The van der Waals surface area contributed by atoms with E-state index in [1.54, 1.807) is 23.9 Å². The fraction of sp³-hybridized carbons (Fsp3) is 0.304. The molecule has 30 heavy (non-hydrogen) atoms. The van der Waals surface area contributed by atoms with Crippen LogP contribution >= 0.6 is 11.6 Å². The lowest BCUT2D eigenvalue weighted by Crippen LogP contribution is -2.41. The Balaban J connectivity index is 1.55. The van der Waals surface area contributed by atoms with Gasteiger partial charge in [-0.25, -0.2) is 9.07 Å². The average Bonchev–Trinajstić information content (AvgIpc) is 2.99. The summed E-state index contributed by atoms with van der Waals surface area (Å²) in [7, 11) is 1.78. The third-order valence-corrected chi connectivity index (χ3v) is 6.40. The zero-order valence-electron chi connectivity index (χ0n) is 16.7. The summed E-state index contributed by atoms with van der Waals surface area (Å²) < 4.78 is 16.4. The van der Waals surface area contributed by atoms with Crippen molar-refractivity contribution in [3.8, 4) is 11.8 Å². The highest BCUT2D eigenvalue weighted by molar-refractivity contribution is 6.31. The maximum atomic E-state index is 13.3. The number of likely N-dealkylation sites (tertiary alicyclic amines) is 1. The molecule has 0 saturated carbocycles. The largest absolute Gasteiger partial charge is 0.297 e. The van der Waals surface area contributed by atoms with Gasteiger partial charge in [0.15, 0.2) is 0 Å². The maximum absolute atomic E-state index is 13.3. The summed E-state index contributed by atoms with van der Waals surface area (Å²) in [6.07, 6.45) is 1.44. The van der Waals surface area contributed by atoms with Crippen LogP contribution in [0.3, 0.4) is 0 Å². The van der Waals surface area contributed by atoms with Crippen LogP contribution < -0.4 is 5.56 Å². The van der Waals surface area contributed by atoms with Crippen LogP contribution in [0.2, 0.25) is 5.02 Å². The number of hydrogen-bond acceptors (Lipinski definition) is 3. The molecule has 154 valence electrons. The molecule has 2 heterocycles. The molecule has 1 saturated heterocycles. The van der Waals surface area contributed by atoms with Crippen LogP contribution in [0.15, 0.2) is 59.4 Å². The van der Waals surface area contributed by atoms with Gasteiger partial charge >= 0.3 is 0 Å². The molecule has 0 bridgehead atoms. The summed E-state index contributed by atoms with van der Waals surface area (Å²) in [5.74, 6) is -0.361. The quantitative estimate of drug-likeness (QED) is 0.635. The lowest BCUT2D eigenvalue weighted by atomic mass is 9.74. The predicted octanol–water partition coefficient (Wildman–Crippen LogP) is 4.03. The number of hydrogen-bond donors (Lipinski definition) is 0. The third kappa shape index (κ3) is 3.55.